The summed E-state index contributed by atoms with van der Waals surface area (Å²) in [5.74, 6) is 1.03. The summed E-state index contributed by atoms with van der Waals surface area (Å²) in [5, 5.41) is 3.00. The van der Waals surface area contributed by atoms with Gasteiger partial charge in [-0.05, 0) is 36.6 Å². The average Bonchev–Trinajstić information content (AvgIpc) is 2.61. The van der Waals surface area contributed by atoms with E-state index in [1.54, 1.807) is 32.4 Å². The van der Waals surface area contributed by atoms with Gasteiger partial charge in [-0.15, -0.1) is 0 Å². The van der Waals surface area contributed by atoms with Crippen molar-refractivity contribution in [3.63, 3.8) is 0 Å². The first-order valence-corrected chi connectivity index (χ1v) is 7.70. The van der Waals surface area contributed by atoms with Crippen molar-refractivity contribution in [2.24, 2.45) is 0 Å². The van der Waals surface area contributed by atoms with Crippen molar-refractivity contribution in [3.8, 4) is 11.5 Å². The van der Waals surface area contributed by atoms with Crippen molar-refractivity contribution < 1.29 is 14.3 Å². The Morgan fingerprint density at radius 2 is 1.61 bits per heavy atom. The quantitative estimate of drug-likeness (QED) is 0.883. The lowest BCUT2D eigenvalue weighted by molar-refractivity contribution is 0.0939. The standard InChI is InChI=1S/C19H23NO3/c1-5-14-6-8-15(9-7-14)13(2)20-19(21)16-10-17(22-3)12-18(11-16)23-4/h6-13H,5H2,1-4H3,(H,20,21)/t13-/m1/s1. The van der Waals surface area contributed by atoms with Gasteiger partial charge >= 0.3 is 0 Å². The fraction of sp³-hybridized carbons (Fsp3) is 0.316. The Kier molecular flexibility index (Phi) is 5.63. The van der Waals surface area contributed by atoms with Crippen LogP contribution in [-0.4, -0.2) is 20.1 Å². The van der Waals surface area contributed by atoms with Crippen LogP contribution in [0.2, 0.25) is 0 Å². The molecule has 0 fully saturated rings. The number of nitrogens with one attached hydrogen (secondary N) is 1. The minimum atomic E-state index is -0.158. The van der Waals surface area contributed by atoms with Gasteiger partial charge < -0.3 is 14.8 Å². The van der Waals surface area contributed by atoms with Crippen LogP contribution in [-0.2, 0) is 6.42 Å². The molecule has 0 radical (unpaired) electrons. The number of hydrogen-bond acceptors (Lipinski definition) is 3. The highest BCUT2D eigenvalue weighted by molar-refractivity contribution is 5.95. The number of hydrogen-bond donors (Lipinski definition) is 1. The fourth-order valence-corrected chi connectivity index (χ4v) is 2.34. The van der Waals surface area contributed by atoms with Gasteiger partial charge in [0.05, 0.1) is 20.3 Å². The van der Waals surface area contributed by atoms with Gasteiger partial charge in [0.2, 0.25) is 0 Å². The molecule has 1 atom stereocenters. The zero-order chi connectivity index (χ0) is 16.8. The van der Waals surface area contributed by atoms with E-state index in [4.69, 9.17) is 9.47 Å². The van der Waals surface area contributed by atoms with Crippen LogP contribution in [0, 0.1) is 0 Å². The average molecular weight is 313 g/mol. The van der Waals surface area contributed by atoms with Gasteiger partial charge in [-0.2, -0.15) is 0 Å². The van der Waals surface area contributed by atoms with E-state index >= 15 is 0 Å². The molecule has 122 valence electrons. The number of carbonyl (C=O) groups excluding carboxylic acids is 1. The van der Waals surface area contributed by atoms with Crippen molar-refractivity contribution in [1.29, 1.82) is 0 Å². The number of carbonyl (C=O) groups is 1. The Morgan fingerprint density at radius 1 is 1.04 bits per heavy atom. The maximum Gasteiger partial charge on any atom is 0.252 e. The SMILES string of the molecule is CCc1ccc([C@@H](C)NC(=O)c2cc(OC)cc(OC)c2)cc1. The molecule has 4 heteroatoms. The van der Waals surface area contributed by atoms with E-state index in [0.29, 0.717) is 17.1 Å². The lowest BCUT2D eigenvalue weighted by atomic mass is 10.0. The molecule has 0 aromatic heterocycles. The molecule has 0 aliphatic carbocycles. The van der Waals surface area contributed by atoms with Crippen molar-refractivity contribution >= 4 is 5.91 Å². The molecule has 1 amide bonds. The first kappa shape index (κ1) is 16.9. The highest BCUT2D eigenvalue weighted by Gasteiger charge is 2.13. The summed E-state index contributed by atoms with van der Waals surface area (Å²) in [6.45, 7) is 4.09. The van der Waals surface area contributed by atoms with E-state index in [1.165, 1.54) is 5.56 Å². The number of ether oxygens (including phenoxy) is 2. The molecular weight excluding hydrogens is 290 g/mol. The number of benzene rings is 2. The van der Waals surface area contributed by atoms with Crippen molar-refractivity contribution in [2.75, 3.05) is 14.2 Å². The van der Waals surface area contributed by atoms with Crippen LogP contribution in [0.5, 0.6) is 11.5 Å². The van der Waals surface area contributed by atoms with Crippen molar-refractivity contribution in [3.05, 3.63) is 59.2 Å². The summed E-state index contributed by atoms with van der Waals surface area (Å²) in [6, 6.07) is 13.3. The van der Waals surface area contributed by atoms with Gasteiger partial charge in [0.25, 0.3) is 5.91 Å². The van der Waals surface area contributed by atoms with E-state index in [0.717, 1.165) is 12.0 Å². The fourth-order valence-electron chi connectivity index (χ4n) is 2.34. The first-order chi connectivity index (χ1) is 11.1. The Bertz CT molecular complexity index is 643. The second-order valence-electron chi connectivity index (χ2n) is 5.39. The molecule has 2 aromatic rings. The molecule has 0 aliphatic heterocycles. The maximum absolute atomic E-state index is 12.5. The largest absolute Gasteiger partial charge is 0.497 e. The molecule has 0 bridgehead atoms. The molecule has 2 rings (SSSR count). The molecule has 0 saturated heterocycles. The van der Waals surface area contributed by atoms with Crippen LogP contribution >= 0.6 is 0 Å². The minimum Gasteiger partial charge on any atom is -0.497 e. The summed E-state index contributed by atoms with van der Waals surface area (Å²) in [4.78, 5) is 12.5. The molecule has 0 unspecified atom stereocenters. The summed E-state index contributed by atoms with van der Waals surface area (Å²) >= 11 is 0. The van der Waals surface area contributed by atoms with Gasteiger partial charge in [0, 0.05) is 11.6 Å². The van der Waals surface area contributed by atoms with E-state index in [2.05, 4.69) is 36.5 Å². The third-order valence-electron chi connectivity index (χ3n) is 3.85. The highest BCUT2D eigenvalue weighted by atomic mass is 16.5. The molecule has 0 saturated carbocycles. The van der Waals surface area contributed by atoms with E-state index < -0.39 is 0 Å². The van der Waals surface area contributed by atoms with Crippen LogP contribution in [0.25, 0.3) is 0 Å². The summed E-state index contributed by atoms with van der Waals surface area (Å²) in [5.41, 5.74) is 2.87. The predicted molar refractivity (Wildman–Crippen MR) is 91.2 cm³/mol. The molecule has 23 heavy (non-hydrogen) atoms. The molecule has 0 aliphatic rings. The number of rotatable bonds is 6. The van der Waals surface area contributed by atoms with Crippen LogP contribution in [0.15, 0.2) is 42.5 Å². The van der Waals surface area contributed by atoms with E-state index in [1.807, 2.05) is 6.92 Å². The molecule has 0 heterocycles. The molecule has 1 N–H and O–H groups in total. The van der Waals surface area contributed by atoms with Gasteiger partial charge in [0.1, 0.15) is 11.5 Å². The number of methoxy groups -OCH3 is 2. The van der Waals surface area contributed by atoms with Crippen LogP contribution in [0.4, 0.5) is 0 Å². The first-order valence-electron chi connectivity index (χ1n) is 7.70. The Hall–Kier alpha value is -2.49. The van der Waals surface area contributed by atoms with Crippen LogP contribution in [0.3, 0.4) is 0 Å². The van der Waals surface area contributed by atoms with Gasteiger partial charge in [-0.3, -0.25) is 4.79 Å². The topological polar surface area (TPSA) is 47.6 Å². The second kappa shape index (κ2) is 7.68. The lowest BCUT2D eigenvalue weighted by Gasteiger charge is -2.16. The number of amides is 1. The third kappa shape index (κ3) is 4.25. The Morgan fingerprint density at radius 3 is 2.09 bits per heavy atom. The zero-order valence-corrected chi connectivity index (χ0v) is 14.1. The third-order valence-corrected chi connectivity index (χ3v) is 3.85. The molecular formula is C19H23NO3. The Labute approximate surface area is 137 Å². The van der Waals surface area contributed by atoms with Crippen molar-refractivity contribution in [1.82, 2.24) is 5.32 Å². The summed E-state index contributed by atoms with van der Waals surface area (Å²) < 4.78 is 10.4. The van der Waals surface area contributed by atoms with E-state index in [-0.39, 0.29) is 11.9 Å². The molecule has 2 aromatic carbocycles. The van der Waals surface area contributed by atoms with E-state index in [9.17, 15) is 4.79 Å². The number of aryl methyl sites for hydroxylation is 1. The van der Waals surface area contributed by atoms with Gasteiger partial charge in [-0.1, -0.05) is 31.2 Å². The normalized spacial score (nSPS) is 11.7. The second-order valence-corrected chi connectivity index (χ2v) is 5.39. The summed E-state index contributed by atoms with van der Waals surface area (Å²) in [7, 11) is 3.13. The van der Waals surface area contributed by atoms with Crippen LogP contribution < -0.4 is 14.8 Å². The lowest BCUT2D eigenvalue weighted by Crippen LogP contribution is -2.26. The smallest absolute Gasteiger partial charge is 0.252 e. The maximum atomic E-state index is 12.5. The van der Waals surface area contributed by atoms with Crippen LogP contribution in [0.1, 0.15) is 41.4 Å². The Balaban J connectivity index is 2.14. The predicted octanol–water partition coefficient (Wildman–Crippen LogP) is 3.76. The van der Waals surface area contributed by atoms with Crippen molar-refractivity contribution in [2.45, 2.75) is 26.3 Å². The minimum absolute atomic E-state index is 0.0781. The molecule has 4 nitrogen and oxygen atoms in total. The zero-order valence-electron chi connectivity index (χ0n) is 14.1. The van der Waals surface area contributed by atoms with Gasteiger partial charge in [0.15, 0.2) is 0 Å². The van der Waals surface area contributed by atoms with Gasteiger partial charge in [-0.25, -0.2) is 0 Å². The summed E-state index contributed by atoms with van der Waals surface area (Å²) in [6.07, 6.45) is 1.00. The monoisotopic (exact) mass is 313 g/mol. The molecule has 0 spiro atoms. The highest BCUT2D eigenvalue weighted by Crippen LogP contribution is 2.23.